The van der Waals surface area contributed by atoms with Crippen LogP contribution in [0.15, 0.2) is 29.4 Å². The maximum Gasteiger partial charge on any atom is 0.239 e. The lowest BCUT2D eigenvalue weighted by molar-refractivity contribution is -0.120. The van der Waals surface area contributed by atoms with E-state index >= 15 is 0 Å². The van der Waals surface area contributed by atoms with Gasteiger partial charge in [-0.2, -0.15) is 0 Å². The van der Waals surface area contributed by atoms with Crippen molar-refractivity contribution in [3.8, 4) is 0 Å². The van der Waals surface area contributed by atoms with Crippen molar-refractivity contribution in [1.82, 2.24) is 5.32 Å². The number of nitrogens with zero attached hydrogens (tertiary/aromatic N) is 3. The number of rotatable bonds is 7. The molecule has 0 aliphatic carbocycles. The van der Waals surface area contributed by atoms with Crippen LogP contribution >= 0.6 is 0 Å². The van der Waals surface area contributed by atoms with Gasteiger partial charge in [-0.1, -0.05) is 43.2 Å². The van der Waals surface area contributed by atoms with E-state index in [-0.39, 0.29) is 6.54 Å². The van der Waals surface area contributed by atoms with Crippen molar-refractivity contribution < 1.29 is 4.79 Å². The zero-order valence-electron chi connectivity index (χ0n) is 11.2. The van der Waals surface area contributed by atoms with E-state index in [1.54, 1.807) is 0 Å². The molecule has 1 unspecified atom stereocenters. The molecule has 6 heteroatoms. The van der Waals surface area contributed by atoms with Crippen molar-refractivity contribution in [2.75, 3.05) is 13.1 Å². The molecule has 19 heavy (non-hydrogen) atoms. The molecule has 6 nitrogen and oxygen atoms in total. The molecular weight excluding hydrogens is 242 g/mol. The zero-order valence-corrected chi connectivity index (χ0v) is 11.2. The third kappa shape index (κ3) is 4.62. The van der Waals surface area contributed by atoms with Crippen molar-refractivity contribution in [3.63, 3.8) is 0 Å². The van der Waals surface area contributed by atoms with Crippen LogP contribution < -0.4 is 11.1 Å². The summed E-state index contributed by atoms with van der Waals surface area (Å²) in [5.41, 5.74) is 15.6. The first kappa shape index (κ1) is 15.0. The number of azide groups is 1. The molecule has 0 aliphatic rings. The number of carbonyl (C=O) groups is 1. The first-order chi connectivity index (χ1) is 9.06. The zero-order chi connectivity index (χ0) is 14.3. The Labute approximate surface area is 112 Å². The number of benzene rings is 1. The molecule has 1 rings (SSSR count). The SMILES string of the molecule is CC(C)c1ccc(C(NCCN=[N+]=[N-])C(N)=O)cc1. The molecule has 1 amide bonds. The van der Waals surface area contributed by atoms with E-state index in [1.165, 1.54) is 5.56 Å². The summed E-state index contributed by atoms with van der Waals surface area (Å²) in [4.78, 5) is 14.1. The summed E-state index contributed by atoms with van der Waals surface area (Å²) >= 11 is 0. The maximum atomic E-state index is 11.4. The number of carbonyl (C=O) groups excluding carboxylic acids is 1. The molecule has 0 bridgehead atoms. The number of nitrogens with one attached hydrogen (secondary N) is 1. The van der Waals surface area contributed by atoms with Gasteiger partial charge in [0.05, 0.1) is 0 Å². The van der Waals surface area contributed by atoms with Crippen molar-refractivity contribution in [3.05, 3.63) is 45.8 Å². The van der Waals surface area contributed by atoms with E-state index in [4.69, 9.17) is 11.3 Å². The molecule has 0 heterocycles. The molecule has 1 atom stereocenters. The van der Waals surface area contributed by atoms with Gasteiger partial charge in [-0.15, -0.1) is 0 Å². The highest BCUT2D eigenvalue weighted by Crippen LogP contribution is 2.18. The fraction of sp³-hybridized carbons (Fsp3) is 0.462. The Morgan fingerprint density at radius 2 is 1.95 bits per heavy atom. The summed E-state index contributed by atoms with van der Waals surface area (Å²) in [6.45, 7) is 4.91. The molecule has 0 aromatic heterocycles. The topological polar surface area (TPSA) is 104 Å². The summed E-state index contributed by atoms with van der Waals surface area (Å²) < 4.78 is 0. The highest BCUT2D eigenvalue weighted by molar-refractivity contribution is 5.81. The van der Waals surface area contributed by atoms with E-state index in [1.807, 2.05) is 24.3 Å². The number of primary amides is 1. The van der Waals surface area contributed by atoms with Crippen LogP contribution in [0.4, 0.5) is 0 Å². The van der Waals surface area contributed by atoms with Crippen LogP contribution in [0, 0.1) is 0 Å². The van der Waals surface area contributed by atoms with E-state index in [0.29, 0.717) is 12.5 Å². The third-order valence-corrected chi connectivity index (χ3v) is 2.84. The average Bonchev–Trinajstić information content (AvgIpc) is 2.38. The summed E-state index contributed by atoms with van der Waals surface area (Å²) in [6, 6.07) is 7.21. The molecule has 0 spiro atoms. The van der Waals surface area contributed by atoms with E-state index in [9.17, 15) is 4.79 Å². The predicted octanol–water partition coefficient (Wildman–Crippen LogP) is 2.24. The van der Waals surface area contributed by atoms with Gasteiger partial charge in [0.25, 0.3) is 0 Å². The second-order valence-corrected chi connectivity index (χ2v) is 4.57. The highest BCUT2D eigenvalue weighted by atomic mass is 16.1. The van der Waals surface area contributed by atoms with Crippen LogP contribution in [0.1, 0.15) is 36.9 Å². The Bertz CT molecular complexity index is 462. The number of nitrogens with two attached hydrogens (primary N) is 1. The second kappa shape index (κ2) is 7.41. The lowest BCUT2D eigenvalue weighted by Crippen LogP contribution is -2.34. The Morgan fingerprint density at radius 3 is 2.42 bits per heavy atom. The van der Waals surface area contributed by atoms with Gasteiger partial charge in [-0.25, -0.2) is 0 Å². The Hall–Kier alpha value is -2.04. The molecule has 1 aromatic rings. The average molecular weight is 261 g/mol. The predicted molar refractivity (Wildman–Crippen MR) is 74.5 cm³/mol. The Balaban J connectivity index is 2.75. The van der Waals surface area contributed by atoms with Crippen molar-refractivity contribution in [2.45, 2.75) is 25.8 Å². The van der Waals surface area contributed by atoms with E-state index < -0.39 is 11.9 Å². The third-order valence-electron chi connectivity index (χ3n) is 2.84. The van der Waals surface area contributed by atoms with Gasteiger partial charge in [-0.05, 0) is 22.6 Å². The smallest absolute Gasteiger partial charge is 0.239 e. The molecule has 0 saturated heterocycles. The van der Waals surface area contributed by atoms with Crippen molar-refractivity contribution >= 4 is 5.91 Å². The molecule has 3 N–H and O–H groups in total. The summed E-state index contributed by atoms with van der Waals surface area (Å²) in [5, 5.41) is 6.38. The fourth-order valence-electron chi connectivity index (χ4n) is 1.76. The van der Waals surface area contributed by atoms with Crippen LogP contribution in [0.3, 0.4) is 0 Å². The minimum absolute atomic E-state index is 0.282. The van der Waals surface area contributed by atoms with Gasteiger partial charge in [0, 0.05) is 18.0 Å². The molecule has 1 aromatic carbocycles. The fourth-order valence-corrected chi connectivity index (χ4v) is 1.76. The van der Waals surface area contributed by atoms with Gasteiger partial charge in [0.15, 0.2) is 0 Å². The Kier molecular flexibility index (Phi) is 5.85. The van der Waals surface area contributed by atoms with Crippen LogP contribution in [0.5, 0.6) is 0 Å². The molecule has 0 saturated carbocycles. The molecule has 102 valence electrons. The lowest BCUT2D eigenvalue weighted by Gasteiger charge is -2.16. The molecule has 0 radical (unpaired) electrons. The summed E-state index contributed by atoms with van der Waals surface area (Å²) in [5.74, 6) is -0.00256. The van der Waals surface area contributed by atoms with Gasteiger partial charge in [-0.3, -0.25) is 4.79 Å². The largest absolute Gasteiger partial charge is 0.368 e. The minimum Gasteiger partial charge on any atom is -0.368 e. The highest BCUT2D eigenvalue weighted by Gasteiger charge is 2.16. The lowest BCUT2D eigenvalue weighted by atomic mass is 9.99. The number of hydrogen-bond acceptors (Lipinski definition) is 3. The first-order valence-corrected chi connectivity index (χ1v) is 6.19. The van der Waals surface area contributed by atoms with Gasteiger partial charge < -0.3 is 11.1 Å². The minimum atomic E-state index is -0.560. The van der Waals surface area contributed by atoms with Gasteiger partial charge in [0.2, 0.25) is 5.91 Å². The van der Waals surface area contributed by atoms with Crippen molar-refractivity contribution in [2.24, 2.45) is 10.8 Å². The summed E-state index contributed by atoms with van der Waals surface area (Å²) in [7, 11) is 0. The maximum absolute atomic E-state index is 11.4. The van der Waals surface area contributed by atoms with Crippen LogP contribution in [-0.4, -0.2) is 19.0 Å². The van der Waals surface area contributed by atoms with E-state index in [0.717, 1.165) is 5.56 Å². The quantitative estimate of drug-likeness (QED) is 0.340. The van der Waals surface area contributed by atoms with Crippen LogP contribution in [0.2, 0.25) is 0 Å². The van der Waals surface area contributed by atoms with Gasteiger partial charge >= 0.3 is 0 Å². The van der Waals surface area contributed by atoms with Crippen LogP contribution in [-0.2, 0) is 4.79 Å². The first-order valence-electron chi connectivity index (χ1n) is 6.19. The standard InChI is InChI=1S/C13H19N5O/c1-9(2)10-3-5-11(6-4-10)12(13(14)19)16-7-8-17-18-15/h3-6,9,12,16H,7-8H2,1-2H3,(H2,14,19). The number of amides is 1. The molecule has 0 fully saturated rings. The Morgan fingerprint density at radius 1 is 1.37 bits per heavy atom. The normalized spacial score (nSPS) is 11.9. The summed E-state index contributed by atoms with van der Waals surface area (Å²) in [6.07, 6.45) is 0. The molecule has 0 aliphatic heterocycles. The van der Waals surface area contributed by atoms with Crippen molar-refractivity contribution in [1.29, 1.82) is 0 Å². The number of hydrogen-bond donors (Lipinski definition) is 2. The van der Waals surface area contributed by atoms with Crippen LogP contribution in [0.25, 0.3) is 10.4 Å². The second-order valence-electron chi connectivity index (χ2n) is 4.57. The van der Waals surface area contributed by atoms with E-state index in [2.05, 4.69) is 29.2 Å². The monoisotopic (exact) mass is 261 g/mol. The molecular formula is C13H19N5O. The van der Waals surface area contributed by atoms with Gasteiger partial charge in [0.1, 0.15) is 6.04 Å².